The molecule has 2 atom stereocenters. The Hall–Kier alpha value is 0.230. The summed E-state index contributed by atoms with van der Waals surface area (Å²) in [5.74, 6) is 0. The van der Waals surface area contributed by atoms with Crippen LogP contribution in [0.1, 0.15) is 6.92 Å². The highest BCUT2D eigenvalue weighted by molar-refractivity contribution is 6.68. The molecule has 0 aromatic rings. The fourth-order valence-electron chi connectivity index (χ4n) is 0.389. The Kier molecular flexibility index (Phi) is 3.84. The van der Waals surface area contributed by atoms with Crippen LogP contribution in [0.3, 0.4) is 0 Å². The lowest BCUT2D eigenvalue weighted by molar-refractivity contribution is -0.529. The fraction of sp³-hybridized carbons (Fsp3) is 1.00. The first kappa shape index (κ1) is 11.2. The number of aliphatic hydroxyl groups excluding tert-OH is 1. The van der Waals surface area contributed by atoms with E-state index in [1.165, 1.54) is 0 Å². The summed E-state index contributed by atoms with van der Waals surface area (Å²) >= 11 is 15.6. The van der Waals surface area contributed by atoms with Crippen LogP contribution < -0.4 is 0 Å². The van der Waals surface area contributed by atoms with Crippen LogP contribution in [0.25, 0.3) is 0 Å². The fourth-order valence-corrected chi connectivity index (χ4v) is 0.936. The van der Waals surface area contributed by atoms with Gasteiger partial charge < -0.3 is 5.11 Å². The topological polar surface area (TPSA) is 63.4 Å². The van der Waals surface area contributed by atoms with Crippen LogP contribution in [0.2, 0.25) is 0 Å². The second-order valence-electron chi connectivity index (χ2n) is 2.01. The van der Waals surface area contributed by atoms with Crippen molar-refractivity contribution in [3.63, 3.8) is 0 Å². The summed E-state index contributed by atoms with van der Waals surface area (Å²) in [6, 6.07) is -1.29. The van der Waals surface area contributed by atoms with E-state index in [4.69, 9.17) is 39.9 Å². The highest BCUT2D eigenvalue weighted by atomic mass is 35.6. The third-order valence-electron chi connectivity index (χ3n) is 1.12. The molecule has 0 bridgehead atoms. The highest BCUT2D eigenvalue weighted by Gasteiger charge is 2.40. The molecule has 0 aliphatic rings. The average molecular weight is 222 g/mol. The number of nitrogens with zero attached hydrogens (tertiary/aromatic N) is 1. The van der Waals surface area contributed by atoms with E-state index in [1.54, 1.807) is 0 Å². The van der Waals surface area contributed by atoms with E-state index >= 15 is 0 Å². The summed E-state index contributed by atoms with van der Waals surface area (Å²) in [6.07, 6.45) is -1.59. The minimum Gasteiger partial charge on any atom is -0.382 e. The zero-order valence-electron chi connectivity index (χ0n) is 5.50. The summed E-state index contributed by atoms with van der Waals surface area (Å²) in [5.41, 5.74) is 0. The van der Waals surface area contributed by atoms with Crippen LogP contribution in [0.4, 0.5) is 0 Å². The molecule has 7 heteroatoms. The van der Waals surface area contributed by atoms with Crippen LogP contribution in [-0.4, -0.2) is 26.0 Å². The first-order valence-corrected chi connectivity index (χ1v) is 3.78. The van der Waals surface area contributed by atoms with Gasteiger partial charge in [-0.05, 0) is 0 Å². The van der Waals surface area contributed by atoms with Gasteiger partial charge >= 0.3 is 0 Å². The average Bonchev–Trinajstić information content (AvgIpc) is 1.82. The van der Waals surface area contributed by atoms with Gasteiger partial charge in [0.15, 0.2) is 6.10 Å². The Bertz CT molecular complexity index is 157. The van der Waals surface area contributed by atoms with E-state index in [-0.39, 0.29) is 0 Å². The van der Waals surface area contributed by atoms with Gasteiger partial charge in [-0.2, -0.15) is 0 Å². The minimum atomic E-state index is -2.01. The van der Waals surface area contributed by atoms with E-state index in [0.717, 1.165) is 6.92 Å². The summed E-state index contributed by atoms with van der Waals surface area (Å²) in [4.78, 5) is 9.34. The normalized spacial score (nSPS) is 17.5. The third-order valence-corrected chi connectivity index (χ3v) is 1.80. The lowest BCUT2D eigenvalue weighted by Gasteiger charge is -2.19. The summed E-state index contributed by atoms with van der Waals surface area (Å²) in [7, 11) is 0. The number of nitro groups is 1. The van der Waals surface area contributed by atoms with Gasteiger partial charge in [0.25, 0.3) is 0 Å². The van der Waals surface area contributed by atoms with E-state index in [0.29, 0.717) is 0 Å². The number of halogens is 3. The molecule has 1 N–H and O–H groups in total. The molecule has 0 rings (SSSR count). The molecular formula is C4H6Cl3NO3. The molecule has 0 aromatic carbocycles. The van der Waals surface area contributed by atoms with Gasteiger partial charge in [0.1, 0.15) is 0 Å². The first-order valence-electron chi connectivity index (χ1n) is 2.65. The largest absolute Gasteiger partial charge is 0.382 e. The zero-order chi connectivity index (χ0) is 9.23. The molecule has 66 valence electrons. The molecular weight excluding hydrogens is 216 g/mol. The van der Waals surface area contributed by atoms with Gasteiger partial charge in [0.05, 0.1) is 0 Å². The second-order valence-corrected chi connectivity index (χ2v) is 4.38. The quantitative estimate of drug-likeness (QED) is 0.436. The smallest absolute Gasteiger partial charge is 0.240 e. The van der Waals surface area contributed by atoms with Gasteiger partial charge in [-0.25, -0.2) is 0 Å². The first-order chi connectivity index (χ1) is 4.76. The summed E-state index contributed by atoms with van der Waals surface area (Å²) in [6.45, 7) is 1.16. The standard InChI is InChI=1S/C4H6Cl3NO3/c1-2(8(10)11)3(9)4(5,6)7/h2-3,9H,1H3/t2-,3+/m0/s1. The van der Waals surface area contributed by atoms with Crippen molar-refractivity contribution in [2.75, 3.05) is 0 Å². The van der Waals surface area contributed by atoms with Crippen molar-refractivity contribution >= 4 is 34.8 Å². The Balaban J connectivity index is 4.25. The molecule has 0 amide bonds. The van der Waals surface area contributed by atoms with Crippen molar-refractivity contribution in [1.29, 1.82) is 0 Å². The molecule has 0 fully saturated rings. The molecule has 4 nitrogen and oxygen atoms in total. The maximum absolute atomic E-state index is 10.1. The summed E-state index contributed by atoms with van der Waals surface area (Å²) in [5, 5.41) is 19.0. The second kappa shape index (κ2) is 3.76. The monoisotopic (exact) mass is 221 g/mol. The van der Waals surface area contributed by atoms with Gasteiger partial charge in [0, 0.05) is 11.8 Å². The van der Waals surface area contributed by atoms with Crippen molar-refractivity contribution in [3.8, 4) is 0 Å². The van der Waals surface area contributed by atoms with Crippen molar-refractivity contribution in [1.82, 2.24) is 0 Å². The number of hydrogen-bond acceptors (Lipinski definition) is 3. The number of rotatable bonds is 2. The molecule has 0 aromatic heterocycles. The third kappa shape index (κ3) is 3.42. The predicted octanol–water partition coefficient (Wildman–Crippen LogP) is 1.38. The maximum atomic E-state index is 10.1. The Morgan fingerprint density at radius 3 is 2.00 bits per heavy atom. The number of aliphatic hydroxyl groups is 1. The molecule has 11 heavy (non-hydrogen) atoms. The lowest BCUT2D eigenvalue weighted by Crippen LogP contribution is -2.40. The molecule has 0 heterocycles. The SMILES string of the molecule is C[C@@H]([C@@H](O)C(Cl)(Cl)Cl)[N+](=O)[O-]. The van der Waals surface area contributed by atoms with E-state index in [9.17, 15) is 10.1 Å². The molecule has 0 aliphatic carbocycles. The van der Waals surface area contributed by atoms with Crippen molar-refractivity contribution < 1.29 is 10.0 Å². The van der Waals surface area contributed by atoms with Gasteiger partial charge in [-0.1, -0.05) is 34.8 Å². The molecule has 0 spiro atoms. The van der Waals surface area contributed by atoms with Gasteiger partial charge in [-0.3, -0.25) is 10.1 Å². The van der Waals surface area contributed by atoms with Crippen molar-refractivity contribution in [2.45, 2.75) is 22.9 Å². The molecule has 0 radical (unpaired) electrons. The van der Waals surface area contributed by atoms with Crippen LogP contribution in [0.5, 0.6) is 0 Å². The number of hydrogen-bond donors (Lipinski definition) is 1. The predicted molar refractivity (Wildman–Crippen MR) is 42.8 cm³/mol. The maximum Gasteiger partial charge on any atom is 0.240 e. The van der Waals surface area contributed by atoms with Crippen LogP contribution in [0, 0.1) is 10.1 Å². The Labute approximate surface area is 78.2 Å². The van der Waals surface area contributed by atoms with E-state index < -0.39 is 20.9 Å². The van der Waals surface area contributed by atoms with Gasteiger partial charge in [-0.15, -0.1) is 0 Å². The number of alkyl halides is 3. The lowest BCUT2D eigenvalue weighted by atomic mass is 10.2. The molecule has 0 saturated heterocycles. The Morgan fingerprint density at radius 1 is 1.55 bits per heavy atom. The van der Waals surface area contributed by atoms with Crippen LogP contribution in [-0.2, 0) is 0 Å². The zero-order valence-corrected chi connectivity index (χ0v) is 7.77. The summed E-state index contributed by atoms with van der Waals surface area (Å²) < 4.78 is -2.01. The van der Waals surface area contributed by atoms with Crippen LogP contribution >= 0.6 is 34.8 Å². The molecule has 0 saturated carbocycles. The van der Waals surface area contributed by atoms with Gasteiger partial charge in [0.2, 0.25) is 9.83 Å². The van der Waals surface area contributed by atoms with E-state index in [2.05, 4.69) is 0 Å². The Morgan fingerprint density at radius 2 is 1.91 bits per heavy atom. The minimum absolute atomic E-state index is 0.716. The van der Waals surface area contributed by atoms with E-state index in [1.807, 2.05) is 0 Å². The van der Waals surface area contributed by atoms with Crippen LogP contribution in [0.15, 0.2) is 0 Å². The van der Waals surface area contributed by atoms with Crippen molar-refractivity contribution in [2.24, 2.45) is 0 Å². The molecule has 0 aliphatic heterocycles. The highest BCUT2D eigenvalue weighted by Crippen LogP contribution is 2.32. The van der Waals surface area contributed by atoms with Crippen molar-refractivity contribution in [3.05, 3.63) is 10.1 Å². The molecule has 0 unspecified atom stereocenters.